The first kappa shape index (κ1) is 16.1. The molecule has 0 spiro atoms. The molecule has 0 aliphatic carbocycles. The molecule has 124 valence electrons. The van der Waals surface area contributed by atoms with E-state index >= 15 is 0 Å². The van der Waals surface area contributed by atoms with E-state index in [1.165, 1.54) is 14.2 Å². The Labute approximate surface area is 143 Å². The maximum Gasteiger partial charge on any atom is 0.230 e. The van der Waals surface area contributed by atoms with Crippen LogP contribution < -0.4 is 14.8 Å². The van der Waals surface area contributed by atoms with Crippen molar-refractivity contribution in [1.82, 2.24) is 5.16 Å². The number of hydrogen-bond donors (Lipinski definition) is 1. The van der Waals surface area contributed by atoms with Crippen molar-refractivity contribution in [3.63, 3.8) is 0 Å². The molecule has 0 radical (unpaired) electrons. The Hall–Kier alpha value is -2.73. The average Bonchev–Trinajstić information content (AvgIpc) is 2.99. The third kappa shape index (κ3) is 3.14. The predicted molar refractivity (Wildman–Crippen MR) is 90.9 cm³/mol. The molecule has 6 nitrogen and oxygen atoms in total. The fraction of sp³-hybridized carbons (Fsp3) is 0.176. The van der Waals surface area contributed by atoms with E-state index in [1.54, 1.807) is 18.2 Å². The summed E-state index contributed by atoms with van der Waals surface area (Å²) in [5.74, 6) is 0.704. The molecule has 0 saturated carbocycles. The number of nitrogens with zero attached hydrogens (tertiary/aromatic N) is 1. The molecule has 1 aromatic heterocycles. The minimum Gasteiger partial charge on any atom is -0.493 e. The number of amides is 1. The van der Waals surface area contributed by atoms with E-state index in [0.717, 1.165) is 5.39 Å². The zero-order chi connectivity index (χ0) is 17.1. The number of rotatable bonds is 5. The van der Waals surface area contributed by atoms with Crippen LogP contribution in [-0.4, -0.2) is 25.3 Å². The van der Waals surface area contributed by atoms with Gasteiger partial charge in [0.15, 0.2) is 17.1 Å². The maximum atomic E-state index is 12.3. The normalized spacial score (nSPS) is 10.6. The highest BCUT2D eigenvalue weighted by Crippen LogP contribution is 2.36. The highest BCUT2D eigenvalue weighted by Gasteiger charge is 2.15. The zero-order valence-electron chi connectivity index (χ0n) is 13.1. The van der Waals surface area contributed by atoms with E-state index in [2.05, 4.69) is 10.5 Å². The van der Waals surface area contributed by atoms with E-state index < -0.39 is 0 Å². The number of hydrogen-bond acceptors (Lipinski definition) is 5. The summed E-state index contributed by atoms with van der Waals surface area (Å²) in [7, 11) is 3.03. The fourth-order valence-electron chi connectivity index (χ4n) is 2.36. The maximum absolute atomic E-state index is 12.3. The first-order chi connectivity index (χ1) is 11.6. The molecule has 0 aliphatic heterocycles. The van der Waals surface area contributed by atoms with E-state index in [4.69, 9.17) is 25.6 Å². The van der Waals surface area contributed by atoms with Crippen LogP contribution in [0.1, 0.15) is 5.69 Å². The van der Waals surface area contributed by atoms with Gasteiger partial charge in [-0.15, -0.1) is 0 Å². The number of halogens is 1. The lowest BCUT2D eigenvalue weighted by atomic mass is 10.1. The van der Waals surface area contributed by atoms with E-state index in [-0.39, 0.29) is 12.3 Å². The summed E-state index contributed by atoms with van der Waals surface area (Å²) in [6, 6.07) is 10.6. The van der Waals surface area contributed by atoms with Gasteiger partial charge in [0.25, 0.3) is 0 Å². The van der Waals surface area contributed by atoms with Crippen LogP contribution in [0, 0.1) is 0 Å². The first-order valence-corrected chi connectivity index (χ1v) is 7.55. The van der Waals surface area contributed by atoms with Gasteiger partial charge in [0.1, 0.15) is 5.69 Å². The summed E-state index contributed by atoms with van der Waals surface area (Å²) < 4.78 is 15.6. The largest absolute Gasteiger partial charge is 0.493 e. The minimum atomic E-state index is -0.261. The van der Waals surface area contributed by atoms with Crippen LogP contribution in [0.3, 0.4) is 0 Å². The second-order valence-corrected chi connectivity index (χ2v) is 5.44. The molecular formula is C17H15ClN2O4. The molecule has 0 bridgehead atoms. The standard InChI is InChI=1S/C17H15ClN2O4/c1-22-15-7-11(18)13(8-16(15)23-2)19-17(21)9-12-10-5-3-4-6-14(10)24-20-12/h3-8H,9H2,1-2H3,(H,19,21). The molecule has 24 heavy (non-hydrogen) atoms. The summed E-state index contributed by atoms with van der Waals surface area (Å²) >= 11 is 6.17. The molecule has 0 fully saturated rings. The highest BCUT2D eigenvalue weighted by atomic mass is 35.5. The van der Waals surface area contributed by atoms with Crippen molar-refractivity contribution < 1.29 is 18.8 Å². The Balaban J connectivity index is 1.80. The van der Waals surface area contributed by atoms with Gasteiger partial charge in [0.05, 0.1) is 31.4 Å². The lowest BCUT2D eigenvalue weighted by Gasteiger charge is -2.12. The zero-order valence-corrected chi connectivity index (χ0v) is 13.9. The van der Waals surface area contributed by atoms with Gasteiger partial charge in [0, 0.05) is 17.5 Å². The molecule has 3 rings (SSSR count). The first-order valence-electron chi connectivity index (χ1n) is 7.17. The summed E-state index contributed by atoms with van der Waals surface area (Å²) in [4.78, 5) is 12.3. The van der Waals surface area contributed by atoms with E-state index in [9.17, 15) is 4.79 Å². The third-order valence-corrected chi connectivity index (χ3v) is 3.84. The molecule has 1 heterocycles. The van der Waals surface area contributed by atoms with Gasteiger partial charge in [-0.25, -0.2) is 0 Å². The lowest BCUT2D eigenvalue weighted by molar-refractivity contribution is -0.115. The molecule has 0 unspecified atom stereocenters. The SMILES string of the molecule is COc1cc(Cl)c(NC(=O)Cc2noc3ccccc23)cc1OC. The van der Waals surface area contributed by atoms with Gasteiger partial charge in [-0.05, 0) is 12.1 Å². The second kappa shape index (κ2) is 6.80. The van der Waals surface area contributed by atoms with E-state index in [1.807, 2.05) is 18.2 Å². The Kier molecular flexibility index (Phi) is 4.57. The number of carbonyl (C=O) groups is 1. The summed E-state index contributed by atoms with van der Waals surface area (Å²) in [5, 5.41) is 7.86. The number of fused-ring (bicyclic) bond motifs is 1. The molecule has 2 aromatic carbocycles. The number of ether oxygens (including phenoxy) is 2. The molecule has 0 saturated heterocycles. The summed E-state index contributed by atoms with van der Waals surface area (Å²) in [6.07, 6.45) is 0.0711. The van der Waals surface area contributed by atoms with Gasteiger partial charge >= 0.3 is 0 Å². The Morgan fingerprint density at radius 2 is 1.92 bits per heavy atom. The van der Waals surface area contributed by atoms with E-state index in [0.29, 0.717) is 33.5 Å². The molecular weight excluding hydrogens is 332 g/mol. The van der Waals surface area contributed by atoms with Crippen molar-refractivity contribution in [1.29, 1.82) is 0 Å². The van der Waals surface area contributed by atoms with Crippen molar-refractivity contribution in [2.45, 2.75) is 6.42 Å². The third-order valence-electron chi connectivity index (χ3n) is 3.53. The van der Waals surface area contributed by atoms with Crippen molar-refractivity contribution in [2.75, 3.05) is 19.5 Å². The number of nitrogens with one attached hydrogen (secondary N) is 1. The Bertz CT molecular complexity index is 891. The quantitative estimate of drug-likeness (QED) is 0.762. The Morgan fingerprint density at radius 1 is 1.21 bits per heavy atom. The number of anilines is 1. The van der Waals surface area contributed by atoms with Gasteiger partial charge in [-0.1, -0.05) is 28.9 Å². The smallest absolute Gasteiger partial charge is 0.230 e. The van der Waals surface area contributed by atoms with Crippen LogP contribution in [0.4, 0.5) is 5.69 Å². The summed E-state index contributed by atoms with van der Waals surface area (Å²) in [5.41, 5.74) is 1.65. The molecule has 1 N–H and O–H groups in total. The van der Waals surface area contributed by atoms with Crippen LogP contribution >= 0.6 is 11.6 Å². The van der Waals surface area contributed by atoms with Crippen molar-refractivity contribution in [3.8, 4) is 11.5 Å². The van der Waals surface area contributed by atoms with Gasteiger partial charge in [-0.2, -0.15) is 0 Å². The molecule has 1 amide bonds. The van der Waals surface area contributed by atoms with Crippen molar-refractivity contribution >= 4 is 34.2 Å². The number of benzene rings is 2. The molecule has 7 heteroatoms. The van der Waals surface area contributed by atoms with Crippen LogP contribution in [0.2, 0.25) is 5.02 Å². The minimum absolute atomic E-state index is 0.0711. The van der Waals surface area contributed by atoms with Crippen LogP contribution in [0.25, 0.3) is 11.0 Å². The van der Waals surface area contributed by atoms with Crippen molar-refractivity contribution in [3.05, 3.63) is 47.1 Å². The fourth-order valence-corrected chi connectivity index (χ4v) is 2.56. The van der Waals surface area contributed by atoms with Crippen LogP contribution in [-0.2, 0) is 11.2 Å². The molecule has 3 aromatic rings. The topological polar surface area (TPSA) is 73.6 Å². The highest BCUT2D eigenvalue weighted by molar-refractivity contribution is 6.34. The van der Waals surface area contributed by atoms with Gasteiger partial charge in [-0.3, -0.25) is 4.79 Å². The number of para-hydroxylation sites is 1. The number of carbonyl (C=O) groups excluding carboxylic acids is 1. The second-order valence-electron chi connectivity index (χ2n) is 5.04. The van der Waals surface area contributed by atoms with Crippen LogP contribution in [0.5, 0.6) is 11.5 Å². The van der Waals surface area contributed by atoms with Crippen molar-refractivity contribution in [2.24, 2.45) is 0 Å². The Morgan fingerprint density at radius 3 is 2.67 bits per heavy atom. The average molecular weight is 347 g/mol. The van der Waals surface area contributed by atoms with Gasteiger partial charge < -0.3 is 19.3 Å². The lowest BCUT2D eigenvalue weighted by Crippen LogP contribution is -2.15. The van der Waals surface area contributed by atoms with Crippen LogP contribution in [0.15, 0.2) is 40.9 Å². The number of aromatic nitrogens is 1. The number of methoxy groups -OCH3 is 2. The molecule has 0 aliphatic rings. The predicted octanol–water partition coefficient (Wildman–Crippen LogP) is 3.68. The summed E-state index contributed by atoms with van der Waals surface area (Å²) in [6.45, 7) is 0. The van der Waals surface area contributed by atoms with Gasteiger partial charge in [0.2, 0.25) is 5.91 Å². The molecule has 0 atom stereocenters. The monoisotopic (exact) mass is 346 g/mol.